The summed E-state index contributed by atoms with van der Waals surface area (Å²) < 4.78 is 27.5. The van der Waals surface area contributed by atoms with E-state index in [1.165, 1.54) is 11.3 Å². The zero-order valence-corrected chi connectivity index (χ0v) is 13.9. The molecule has 2 aromatic rings. The Morgan fingerprint density at radius 3 is 2.52 bits per heavy atom. The van der Waals surface area contributed by atoms with Crippen LogP contribution in [0, 0.1) is 20.8 Å². The minimum atomic E-state index is -3.57. The monoisotopic (exact) mass is 325 g/mol. The lowest BCUT2D eigenvalue weighted by molar-refractivity contribution is 0.580. The van der Waals surface area contributed by atoms with Gasteiger partial charge in [-0.3, -0.25) is 0 Å². The van der Waals surface area contributed by atoms with Crippen molar-refractivity contribution in [3.63, 3.8) is 0 Å². The molecule has 5 nitrogen and oxygen atoms in total. The van der Waals surface area contributed by atoms with E-state index in [0.29, 0.717) is 12.1 Å². The van der Waals surface area contributed by atoms with Crippen molar-refractivity contribution in [2.75, 3.05) is 0 Å². The number of nitrogens with zero attached hydrogens (tertiary/aromatic N) is 1. The van der Waals surface area contributed by atoms with E-state index in [4.69, 9.17) is 5.73 Å². The summed E-state index contributed by atoms with van der Waals surface area (Å²) in [5, 5.41) is 2.65. The molecule has 0 radical (unpaired) electrons. The Bertz CT molecular complexity index is 752. The summed E-state index contributed by atoms with van der Waals surface area (Å²) in [6, 6.07) is 3.50. The normalized spacial score (nSPS) is 11.8. The van der Waals surface area contributed by atoms with Gasteiger partial charge in [0.05, 0.1) is 11.4 Å². The molecule has 114 valence electrons. The van der Waals surface area contributed by atoms with Crippen LogP contribution in [0.2, 0.25) is 0 Å². The highest BCUT2D eigenvalue weighted by atomic mass is 32.2. The third kappa shape index (κ3) is 3.68. The third-order valence-corrected chi connectivity index (χ3v) is 5.73. The molecule has 0 amide bonds. The van der Waals surface area contributed by atoms with Crippen LogP contribution in [-0.4, -0.2) is 13.4 Å². The average molecular weight is 325 g/mol. The lowest BCUT2D eigenvalue weighted by Crippen LogP contribution is -2.24. The van der Waals surface area contributed by atoms with Crippen LogP contribution in [0.3, 0.4) is 0 Å². The van der Waals surface area contributed by atoms with Crippen molar-refractivity contribution in [3.05, 3.63) is 44.9 Å². The van der Waals surface area contributed by atoms with Crippen molar-refractivity contribution in [2.24, 2.45) is 5.73 Å². The average Bonchev–Trinajstić information content (AvgIpc) is 2.82. The van der Waals surface area contributed by atoms with Crippen LogP contribution in [-0.2, 0) is 23.1 Å². The maximum atomic E-state index is 12.4. The van der Waals surface area contributed by atoms with Gasteiger partial charge in [-0.25, -0.2) is 18.1 Å². The van der Waals surface area contributed by atoms with E-state index in [2.05, 4.69) is 9.71 Å². The van der Waals surface area contributed by atoms with E-state index in [1.807, 2.05) is 25.3 Å². The molecule has 0 atom stereocenters. The number of nitrogens with one attached hydrogen (secondary N) is 1. The van der Waals surface area contributed by atoms with Crippen molar-refractivity contribution in [1.82, 2.24) is 9.71 Å². The first-order valence-corrected chi connectivity index (χ1v) is 8.90. The summed E-state index contributed by atoms with van der Waals surface area (Å²) in [4.78, 5) is 4.53. The van der Waals surface area contributed by atoms with Gasteiger partial charge in [-0.15, -0.1) is 11.3 Å². The number of nitrogens with two attached hydrogens (primary N) is 1. The Morgan fingerprint density at radius 1 is 1.24 bits per heavy atom. The third-order valence-electron chi connectivity index (χ3n) is 3.22. The highest BCUT2D eigenvalue weighted by Gasteiger charge is 2.18. The molecule has 0 saturated carbocycles. The highest BCUT2D eigenvalue weighted by molar-refractivity contribution is 7.89. The smallest absolute Gasteiger partial charge is 0.241 e. The number of benzene rings is 1. The van der Waals surface area contributed by atoms with Crippen LogP contribution in [0.15, 0.2) is 22.4 Å². The van der Waals surface area contributed by atoms with Crippen LogP contribution < -0.4 is 10.5 Å². The number of hydrogen-bond acceptors (Lipinski definition) is 5. The fraction of sp³-hybridized carbons (Fsp3) is 0.357. The van der Waals surface area contributed by atoms with Gasteiger partial charge in [0.15, 0.2) is 0 Å². The van der Waals surface area contributed by atoms with E-state index >= 15 is 0 Å². The van der Waals surface area contributed by atoms with E-state index < -0.39 is 10.0 Å². The second kappa shape index (κ2) is 6.23. The predicted octanol–water partition coefficient (Wildman–Crippen LogP) is 2.01. The lowest BCUT2D eigenvalue weighted by Gasteiger charge is -2.12. The molecule has 0 spiro atoms. The van der Waals surface area contributed by atoms with Gasteiger partial charge in [0.1, 0.15) is 5.01 Å². The van der Waals surface area contributed by atoms with Crippen LogP contribution in [0.1, 0.15) is 27.4 Å². The number of thiazole rings is 1. The van der Waals surface area contributed by atoms with Gasteiger partial charge >= 0.3 is 0 Å². The van der Waals surface area contributed by atoms with Gasteiger partial charge in [-0.05, 0) is 43.5 Å². The summed E-state index contributed by atoms with van der Waals surface area (Å²) in [7, 11) is -3.57. The Kier molecular flexibility index (Phi) is 4.77. The maximum absolute atomic E-state index is 12.4. The van der Waals surface area contributed by atoms with Gasteiger partial charge in [0.25, 0.3) is 0 Å². The molecule has 2 rings (SSSR count). The minimum absolute atomic E-state index is 0.201. The molecule has 1 heterocycles. The summed E-state index contributed by atoms with van der Waals surface area (Å²) in [5.41, 5.74) is 9.11. The number of hydrogen-bond donors (Lipinski definition) is 2. The topological polar surface area (TPSA) is 85.1 Å². The van der Waals surface area contributed by atoms with E-state index in [0.717, 1.165) is 21.8 Å². The van der Waals surface area contributed by atoms with Crippen LogP contribution in [0.4, 0.5) is 0 Å². The summed E-state index contributed by atoms with van der Waals surface area (Å²) >= 11 is 1.44. The van der Waals surface area contributed by atoms with Crippen LogP contribution in [0.5, 0.6) is 0 Å². The van der Waals surface area contributed by atoms with Crippen molar-refractivity contribution in [3.8, 4) is 0 Å². The standard InChI is InChI=1S/C14H19N3O2S2/c1-9-4-10(2)13(5-12(9)6-15)21(18,19)16-7-14-17-11(3)8-20-14/h4-5,8,16H,6-7,15H2,1-3H3. The molecule has 0 unspecified atom stereocenters. The molecular weight excluding hydrogens is 306 g/mol. The summed E-state index contributed by atoms with van der Waals surface area (Å²) in [6.45, 7) is 6.12. The molecule has 1 aromatic heterocycles. The Labute approximate surface area is 129 Å². The van der Waals surface area contributed by atoms with Crippen molar-refractivity contribution in [1.29, 1.82) is 0 Å². The minimum Gasteiger partial charge on any atom is -0.326 e. The molecule has 0 aliphatic heterocycles. The maximum Gasteiger partial charge on any atom is 0.241 e. The largest absolute Gasteiger partial charge is 0.326 e. The SMILES string of the molecule is Cc1csc(CNS(=O)(=O)c2cc(CN)c(C)cc2C)n1. The molecule has 1 aromatic carbocycles. The molecule has 7 heteroatoms. The number of aryl methyl sites for hydroxylation is 3. The van der Waals surface area contributed by atoms with E-state index in [1.54, 1.807) is 13.0 Å². The first kappa shape index (κ1) is 16.1. The van der Waals surface area contributed by atoms with Crippen LogP contribution >= 0.6 is 11.3 Å². The highest BCUT2D eigenvalue weighted by Crippen LogP contribution is 2.21. The molecule has 3 N–H and O–H groups in total. The molecule has 0 bridgehead atoms. The number of aromatic nitrogens is 1. The molecule has 0 fully saturated rings. The van der Waals surface area contributed by atoms with Gasteiger partial charge < -0.3 is 5.73 Å². The first-order chi connectivity index (χ1) is 9.83. The van der Waals surface area contributed by atoms with Gasteiger partial charge in [0, 0.05) is 17.6 Å². The molecule has 0 aliphatic carbocycles. The molecule has 21 heavy (non-hydrogen) atoms. The Morgan fingerprint density at radius 2 is 1.95 bits per heavy atom. The van der Waals surface area contributed by atoms with Crippen molar-refractivity contribution >= 4 is 21.4 Å². The van der Waals surface area contributed by atoms with Gasteiger partial charge in [0.2, 0.25) is 10.0 Å². The quantitative estimate of drug-likeness (QED) is 0.880. The fourth-order valence-electron chi connectivity index (χ4n) is 2.10. The first-order valence-electron chi connectivity index (χ1n) is 6.54. The zero-order chi connectivity index (χ0) is 15.6. The van der Waals surface area contributed by atoms with E-state index in [9.17, 15) is 8.42 Å². The fourth-order valence-corrected chi connectivity index (χ4v) is 4.17. The summed E-state index contributed by atoms with van der Waals surface area (Å²) in [6.07, 6.45) is 0. The van der Waals surface area contributed by atoms with Crippen molar-refractivity contribution < 1.29 is 8.42 Å². The summed E-state index contributed by atoms with van der Waals surface area (Å²) in [5.74, 6) is 0. The number of rotatable bonds is 5. The molecular formula is C14H19N3O2S2. The zero-order valence-electron chi connectivity index (χ0n) is 12.3. The van der Waals surface area contributed by atoms with Gasteiger partial charge in [-0.2, -0.15) is 0 Å². The molecule has 0 saturated heterocycles. The second-order valence-electron chi connectivity index (χ2n) is 4.96. The Balaban J connectivity index is 2.27. The van der Waals surface area contributed by atoms with Crippen molar-refractivity contribution in [2.45, 2.75) is 38.8 Å². The Hall–Kier alpha value is -1.28. The van der Waals surface area contributed by atoms with Crippen LogP contribution in [0.25, 0.3) is 0 Å². The predicted molar refractivity (Wildman–Crippen MR) is 84.7 cm³/mol. The second-order valence-corrected chi connectivity index (χ2v) is 7.63. The van der Waals surface area contributed by atoms with Gasteiger partial charge in [-0.1, -0.05) is 6.07 Å². The lowest BCUT2D eigenvalue weighted by atomic mass is 10.1. The van der Waals surface area contributed by atoms with E-state index in [-0.39, 0.29) is 11.4 Å². The molecule has 0 aliphatic rings. The number of sulfonamides is 1.